The standard InChI is InChI=1S/C14H12Cl.C6H5/c1-2-11-4-3-5-13(10-11)12-6-8-14(15)9-7-12;1-2-4-6-5-3-1/h3-4,6-10H,2H2,1H3;1-5H. The maximum atomic E-state index is 5.85. The van der Waals surface area contributed by atoms with Crippen molar-refractivity contribution in [2.45, 2.75) is 13.3 Å². The van der Waals surface area contributed by atoms with Gasteiger partial charge in [0.25, 0.3) is 0 Å². The van der Waals surface area contributed by atoms with Crippen molar-refractivity contribution in [3.05, 3.63) is 95.5 Å². The van der Waals surface area contributed by atoms with E-state index in [1.165, 1.54) is 5.56 Å². The van der Waals surface area contributed by atoms with Crippen molar-refractivity contribution in [1.29, 1.82) is 0 Å². The largest absolute Gasteiger partial charge is 0.0843 e. The molecule has 0 heterocycles. The van der Waals surface area contributed by atoms with E-state index in [1.807, 2.05) is 60.7 Å². The summed E-state index contributed by atoms with van der Waals surface area (Å²) < 4.78 is 0. The van der Waals surface area contributed by atoms with Crippen molar-refractivity contribution >= 4 is 11.6 Å². The fourth-order valence-electron chi connectivity index (χ4n) is 1.87. The average molecular weight is 293 g/mol. The van der Waals surface area contributed by atoms with Crippen LogP contribution in [0.3, 0.4) is 0 Å². The van der Waals surface area contributed by atoms with Crippen molar-refractivity contribution in [1.82, 2.24) is 0 Å². The highest BCUT2D eigenvalue weighted by Crippen LogP contribution is 2.22. The molecule has 0 saturated carbocycles. The molecule has 104 valence electrons. The van der Waals surface area contributed by atoms with Crippen LogP contribution in [0.25, 0.3) is 11.1 Å². The Balaban J connectivity index is 0.000000225. The van der Waals surface area contributed by atoms with Gasteiger partial charge < -0.3 is 0 Å². The Morgan fingerprint density at radius 1 is 0.905 bits per heavy atom. The van der Waals surface area contributed by atoms with E-state index in [-0.39, 0.29) is 0 Å². The van der Waals surface area contributed by atoms with Crippen LogP contribution in [-0.4, -0.2) is 0 Å². The summed E-state index contributed by atoms with van der Waals surface area (Å²) >= 11 is 5.85. The van der Waals surface area contributed by atoms with Gasteiger partial charge in [-0.15, -0.1) is 0 Å². The van der Waals surface area contributed by atoms with Gasteiger partial charge in [-0.1, -0.05) is 79.2 Å². The first-order valence-electron chi connectivity index (χ1n) is 6.97. The molecule has 21 heavy (non-hydrogen) atoms. The van der Waals surface area contributed by atoms with Crippen molar-refractivity contribution in [2.75, 3.05) is 0 Å². The van der Waals surface area contributed by atoms with Gasteiger partial charge in [0, 0.05) is 5.02 Å². The Kier molecular flexibility index (Phi) is 6.05. The van der Waals surface area contributed by atoms with E-state index in [4.69, 9.17) is 11.6 Å². The van der Waals surface area contributed by atoms with Gasteiger partial charge >= 0.3 is 0 Å². The lowest BCUT2D eigenvalue weighted by Crippen LogP contribution is -1.82. The SMILES string of the molecule is CCc1cc[c]c(-c2ccc(Cl)cc2)c1.[c]1ccccc1. The van der Waals surface area contributed by atoms with Crippen LogP contribution in [0.2, 0.25) is 5.02 Å². The van der Waals surface area contributed by atoms with Gasteiger partial charge in [-0.25, -0.2) is 0 Å². The van der Waals surface area contributed by atoms with Crippen LogP contribution in [0.5, 0.6) is 0 Å². The fraction of sp³-hybridized carbons (Fsp3) is 0.100. The zero-order valence-electron chi connectivity index (χ0n) is 12.0. The van der Waals surface area contributed by atoms with Gasteiger partial charge in [0.05, 0.1) is 0 Å². The summed E-state index contributed by atoms with van der Waals surface area (Å²) in [6.45, 7) is 2.15. The zero-order chi connectivity index (χ0) is 14.9. The Hall–Kier alpha value is -2.05. The van der Waals surface area contributed by atoms with Gasteiger partial charge in [-0.2, -0.15) is 0 Å². The number of halogens is 1. The van der Waals surface area contributed by atoms with E-state index >= 15 is 0 Å². The molecule has 0 saturated heterocycles. The molecule has 0 N–H and O–H groups in total. The highest BCUT2D eigenvalue weighted by atomic mass is 35.5. The van der Waals surface area contributed by atoms with Gasteiger partial charge in [0.1, 0.15) is 0 Å². The highest BCUT2D eigenvalue weighted by Gasteiger charge is 1.98. The minimum Gasteiger partial charge on any atom is -0.0843 e. The molecule has 0 aliphatic rings. The summed E-state index contributed by atoms with van der Waals surface area (Å²) in [6.07, 6.45) is 1.05. The third-order valence-corrected chi connectivity index (χ3v) is 3.29. The predicted octanol–water partition coefficient (Wildman–Crippen LogP) is 5.86. The zero-order valence-corrected chi connectivity index (χ0v) is 12.8. The van der Waals surface area contributed by atoms with E-state index in [1.54, 1.807) is 0 Å². The first-order chi connectivity index (χ1) is 10.3. The molecule has 0 unspecified atom stereocenters. The van der Waals surface area contributed by atoms with Crippen molar-refractivity contribution in [3.63, 3.8) is 0 Å². The number of benzene rings is 3. The van der Waals surface area contributed by atoms with Crippen LogP contribution in [0.1, 0.15) is 12.5 Å². The maximum absolute atomic E-state index is 5.85. The van der Waals surface area contributed by atoms with Crippen molar-refractivity contribution in [3.8, 4) is 11.1 Å². The maximum Gasteiger partial charge on any atom is 0.0406 e. The van der Waals surface area contributed by atoms with Crippen LogP contribution in [0.4, 0.5) is 0 Å². The molecular weight excluding hydrogens is 276 g/mol. The van der Waals surface area contributed by atoms with E-state index in [2.05, 4.69) is 31.2 Å². The normalized spacial score (nSPS) is 9.62. The molecule has 0 atom stereocenters. The molecule has 3 aromatic rings. The Bertz CT molecular complexity index is 615. The topological polar surface area (TPSA) is 0 Å². The van der Waals surface area contributed by atoms with E-state index < -0.39 is 0 Å². The summed E-state index contributed by atoms with van der Waals surface area (Å²) in [5, 5.41) is 0.769. The number of aryl methyl sites for hydroxylation is 1. The van der Waals surface area contributed by atoms with E-state index in [0.717, 1.165) is 22.6 Å². The van der Waals surface area contributed by atoms with Crippen molar-refractivity contribution < 1.29 is 0 Å². The average Bonchev–Trinajstić information content (AvgIpc) is 2.58. The second kappa shape index (κ2) is 8.28. The second-order valence-corrected chi connectivity index (χ2v) is 4.98. The molecule has 0 fully saturated rings. The molecule has 0 bridgehead atoms. The van der Waals surface area contributed by atoms with Crippen LogP contribution in [0, 0.1) is 12.1 Å². The molecule has 0 spiro atoms. The number of hydrogen-bond acceptors (Lipinski definition) is 0. The minimum atomic E-state index is 0.769. The Morgan fingerprint density at radius 2 is 1.62 bits per heavy atom. The lowest BCUT2D eigenvalue weighted by atomic mass is 10.0. The molecular formula is C20H17Cl. The molecule has 0 nitrogen and oxygen atoms in total. The third kappa shape index (κ3) is 5.09. The first-order valence-corrected chi connectivity index (χ1v) is 7.35. The molecule has 0 aromatic heterocycles. The smallest absolute Gasteiger partial charge is 0.0406 e. The summed E-state index contributed by atoms with van der Waals surface area (Å²) in [7, 11) is 0. The van der Waals surface area contributed by atoms with Gasteiger partial charge in [-0.05, 0) is 47.4 Å². The molecule has 3 aromatic carbocycles. The van der Waals surface area contributed by atoms with Gasteiger partial charge in [0.15, 0.2) is 0 Å². The molecule has 0 aliphatic carbocycles. The lowest BCUT2D eigenvalue weighted by Gasteiger charge is -2.03. The van der Waals surface area contributed by atoms with Crippen LogP contribution < -0.4 is 0 Å². The van der Waals surface area contributed by atoms with Crippen LogP contribution in [0.15, 0.2) is 72.8 Å². The first kappa shape index (κ1) is 15.3. The molecule has 3 rings (SSSR count). The van der Waals surface area contributed by atoms with Gasteiger partial charge in [-0.3, -0.25) is 0 Å². The Morgan fingerprint density at radius 3 is 2.14 bits per heavy atom. The van der Waals surface area contributed by atoms with E-state index in [0.29, 0.717) is 0 Å². The molecule has 2 radical (unpaired) electrons. The molecule has 1 heteroatoms. The van der Waals surface area contributed by atoms with Crippen LogP contribution in [-0.2, 0) is 6.42 Å². The minimum absolute atomic E-state index is 0.769. The summed E-state index contributed by atoms with van der Waals surface area (Å²) in [4.78, 5) is 0. The summed E-state index contributed by atoms with van der Waals surface area (Å²) in [6, 6.07) is 29.8. The molecule has 0 amide bonds. The summed E-state index contributed by atoms with van der Waals surface area (Å²) in [5.41, 5.74) is 3.62. The fourth-order valence-corrected chi connectivity index (χ4v) is 2.00. The monoisotopic (exact) mass is 292 g/mol. The second-order valence-electron chi connectivity index (χ2n) is 4.55. The van der Waals surface area contributed by atoms with Crippen LogP contribution >= 0.6 is 11.6 Å². The van der Waals surface area contributed by atoms with Gasteiger partial charge in [0.2, 0.25) is 0 Å². The Labute approximate surface area is 132 Å². The summed E-state index contributed by atoms with van der Waals surface area (Å²) in [5.74, 6) is 0. The van der Waals surface area contributed by atoms with E-state index in [9.17, 15) is 0 Å². The lowest BCUT2D eigenvalue weighted by molar-refractivity contribution is 1.14. The highest BCUT2D eigenvalue weighted by molar-refractivity contribution is 6.30. The quantitative estimate of drug-likeness (QED) is 0.555. The number of rotatable bonds is 2. The molecule has 0 aliphatic heterocycles. The third-order valence-electron chi connectivity index (χ3n) is 3.04. The predicted molar refractivity (Wildman–Crippen MR) is 90.4 cm³/mol. The number of hydrogen-bond donors (Lipinski definition) is 0. The van der Waals surface area contributed by atoms with Crippen molar-refractivity contribution in [2.24, 2.45) is 0 Å².